The van der Waals surface area contributed by atoms with E-state index in [0.717, 1.165) is 39.7 Å². The lowest BCUT2D eigenvalue weighted by atomic mass is 10.0. The minimum atomic E-state index is -2.83. The maximum Gasteiger partial charge on any atom is 0.387 e. The van der Waals surface area contributed by atoms with Gasteiger partial charge in [0.25, 0.3) is 0 Å². The second-order valence-electron chi connectivity index (χ2n) is 5.50. The van der Waals surface area contributed by atoms with E-state index in [1.165, 1.54) is 0 Å². The van der Waals surface area contributed by atoms with Gasteiger partial charge < -0.3 is 9.30 Å². The largest absolute Gasteiger partial charge is 0.434 e. The Morgan fingerprint density at radius 1 is 1.22 bits per heavy atom. The molecule has 0 fully saturated rings. The molecule has 1 aliphatic heterocycles. The van der Waals surface area contributed by atoms with Crippen LogP contribution >= 0.6 is 15.9 Å². The van der Waals surface area contributed by atoms with Crippen LogP contribution in [0.4, 0.5) is 8.78 Å². The Labute approximate surface area is 140 Å². The molecule has 0 unspecified atom stereocenters. The third kappa shape index (κ3) is 2.51. The molecule has 118 valence electrons. The third-order valence-corrected chi connectivity index (χ3v) is 4.66. The van der Waals surface area contributed by atoms with Crippen molar-refractivity contribution < 1.29 is 13.5 Å². The summed E-state index contributed by atoms with van der Waals surface area (Å²) in [4.78, 5) is 4.65. The maximum atomic E-state index is 12.7. The van der Waals surface area contributed by atoms with Crippen LogP contribution in [0, 0.1) is 0 Å². The number of rotatable bonds is 3. The van der Waals surface area contributed by atoms with Crippen molar-refractivity contribution in [3.05, 3.63) is 58.3 Å². The summed E-state index contributed by atoms with van der Waals surface area (Å²) < 4.78 is 33.2. The van der Waals surface area contributed by atoms with Crippen LogP contribution in [0.1, 0.15) is 23.9 Å². The number of hydrogen-bond donors (Lipinski definition) is 0. The molecule has 0 saturated carbocycles. The van der Waals surface area contributed by atoms with Crippen molar-refractivity contribution in [2.45, 2.75) is 25.5 Å². The van der Waals surface area contributed by atoms with Crippen LogP contribution in [-0.4, -0.2) is 16.2 Å². The highest BCUT2D eigenvalue weighted by Crippen LogP contribution is 2.39. The van der Waals surface area contributed by atoms with E-state index in [-0.39, 0.29) is 11.8 Å². The second-order valence-corrected chi connectivity index (χ2v) is 6.42. The molecule has 0 radical (unpaired) electrons. The van der Waals surface area contributed by atoms with Crippen molar-refractivity contribution in [2.75, 3.05) is 0 Å². The number of nitrogens with zero attached hydrogens (tertiary/aromatic N) is 2. The Kier molecular flexibility index (Phi) is 3.56. The van der Waals surface area contributed by atoms with E-state index in [1.54, 1.807) is 12.1 Å². The minimum Gasteiger partial charge on any atom is -0.434 e. The van der Waals surface area contributed by atoms with E-state index < -0.39 is 6.61 Å². The van der Waals surface area contributed by atoms with Crippen molar-refractivity contribution in [3.8, 4) is 5.75 Å². The van der Waals surface area contributed by atoms with Crippen LogP contribution in [0.2, 0.25) is 0 Å². The highest BCUT2D eigenvalue weighted by atomic mass is 79.9. The summed E-state index contributed by atoms with van der Waals surface area (Å²) in [5, 5.41) is 0. The van der Waals surface area contributed by atoms with Crippen molar-refractivity contribution in [1.29, 1.82) is 0 Å². The number of hydrogen-bond acceptors (Lipinski definition) is 2. The lowest BCUT2D eigenvalue weighted by Gasteiger charge is -2.18. The molecule has 2 aromatic carbocycles. The molecule has 0 spiro atoms. The number of fused-ring (bicyclic) bond motifs is 3. The lowest BCUT2D eigenvalue weighted by Crippen LogP contribution is -2.10. The van der Waals surface area contributed by atoms with Gasteiger partial charge in [-0.05, 0) is 30.7 Å². The molecule has 4 rings (SSSR count). The molecular weight excluding hydrogens is 366 g/mol. The number of halogens is 3. The smallest absolute Gasteiger partial charge is 0.387 e. The summed E-state index contributed by atoms with van der Waals surface area (Å²) in [5.74, 6) is 1.21. The molecule has 0 amide bonds. The van der Waals surface area contributed by atoms with Gasteiger partial charge >= 0.3 is 6.61 Å². The summed E-state index contributed by atoms with van der Waals surface area (Å²) in [5.41, 5.74) is 2.69. The zero-order valence-electron chi connectivity index (χ0n) is 12.0. The first kappa shape index (κ1) is 14.6. The maximum absolute atomic E-state index is 12.7. The molecule has 2 heterocycles. The van der Waals surface area contributed by atoms with Gasteiger partial charge in [-0.1, -0.05) is 34.1 Å². The van der Waals surface area contributed by atoms with Crippen molar-refractivity contribution in [1.82, 2.24) is 9.55 Å². The SMILES string of the molecule is FC(F)Oc1ccccc1[C@H]1CCc2nc3ccc(Br)cc3n21. The van der Waals surface area contributed by atoms with Gasteiger partial charge in [0.2, 0.25) is 0 Å². The first-order valence-electron chi connectivity index (χ1n) is 7.33. The Morgan fingerprint density at radius 2 is 2.04 bits per heavy atom. The fourth-order valence-corrected chi connectivity index (χ4v) is 3.64. The summed E-state index contributed by atoms with van der Waals surface area (Å²) >= 11 is 3.48. The van der Waals surface area contributed by atoms with Crippen LogP contribution in [-0.2, 0) is 6.42 Å². The van der Waals surface area contributed by atoms with Crippen molar-refractivity contribution >= 4 is 27.0 Å². The van der Waals surface area contributed by atoms with E-state index in [1.807, 2.05) is 30.3 Å². The fraction of sp³-hybridized carbons (Fsp3) is 0.235. The Bertz CT molecular complexity index is 878. The minimum absolute atomic E-state index is 0.0424. The summed E-state index contributed by atoms with van der Waals surface area (Å²) in [7, 11) is 0. The average Bonchev–Trinajstić information content (AvgIpc) is 3.06. The van der Waals surface area contributed by atoms with Crippen molar-refractivity contribution in [2.24, 2.45) is 0 Å². The zero-order valence-corrected chi connectivity index (χ0v) is 13.6. The molecule has 1 atom stereocenters. The fourth-order valence-electron chi connectivity index (χ4n) is 3.29. The number of imidazole rings is 1. The van der Waals surface area contributed by atoms with Gasteiger partial charge in [-0.3, -0.25) is 0 Å². The molecule has 3 aromatic rings. The first-order chi connectivity index (χ1) is 11.1. The third-order valence-electron chi connectivity index (χ3n) is 4.17. The van der Waals surface area contributed by atoms with E-state index in [2.05, 4.69) is 25.5 Å². The monoisotopic (exact) mass is 378 g/mol. The molecule has 3 nitrogen and oxygen atoms in total. The van der Waals surface area contributed by atoms with Crippen LogP contribution in [0.25, 0.3) is 11.0 Å². The van der Waals surface area contributed by atoms with Crippen LogP contribution in [0.3, 0.4) is 0 Å². The molecule has 0 N–H and O–H groups in total. The zero-order chi connectivity index (χ0) is 16.0. The highest BCUT2D eigenvalue weighted by molar-refractivity contribution is 9.10. The van der Waals surface area contributed by atoms with E-state index in [0.29, 0.717) is 0 Å². The normalized spacial score (nSPS) is 17.0. The molecule has 6 heteroatoms. The van der Waals surface area contributed by atoms with E-state index in [9.17, 15) is 8.78 Å². The topological polar surface area (TPSA) is 27.1 Å². The summed E-state index contributed by atoms with van der Waals surface area (Å²) in [6, 6.07) is 12.9. The molecule has 1 aliphatic rings. The van der Waals surface area contributed by atoms with Gasteiger partial charge in [0.15, 0.2) is 0 Å². The van der Waals surface area contributed by atoms with Gasteiger partial charge in [0, 0.05) is 16.5 Å². The van der Waals surface area contributed by atoms with Crippen molar-refractivity contribution in [3.63, 3.8) is 0 Å². The summed E-state index contributed by atoms with van der Waals surface area (Å²) in [6.45, 7) is -2.83. The lowest BCUT2D eigenvalue weighted by molar-refractivity contribution is -0.0506. The average molecular weight is 379 g/mol. The Morgan fingerprint density at radius 3 is 2.87 bits per heavy atom. The number of para-hydroxylation sites is 1. The number of aryl methyl sites for hydroxylation is 1. The predicted molar refractivity (Wildman–Crippen MR) is 87.0 cm³/mol. The summed E-state index contributed by atoms with van der Waals surface area (Å²) in [6.07, 6.45) is 1.65. The molecular formula is C17H13BrF2N2O. The Hall–Kier alpha value is -1.95. The van der Waals surface area contributed by atoms with E-state index >= 15 is 0 Å². The van der Waals surface area contributed by atoms with Gasteiger partial charge in [-0.2, -0.15) is 8.78 Å². The predicted octanol–water partition coefficient (Wildman–Crippen LogP) is 4.94. The quantitative estimate of drug-likeness (QED) is 0.645. The second kappa shape index (κ2) is 5.60. The van der Waals surface area contributed by atoms with Gasteiger partial charge in [-0.25, -0.2) is 4.98 Å². The molecule has 0 bridgehead atoms. The number of benzene rings is 2. The number of aromatic nitrogens is 2. The van der Waals surface area contributed by atoms with Crippen LogP contribution < -0.4 is 4.74 Å². The molecule has 0 saturated heterocycles. The van der Waals surface area contributed by atoms with Gasteiger partial charge in [-0.15, -0.1) is 0 Å². The van der Waals surface area contributed by atoms with Gasteiger partial charge in [0.1, 0.15) is 11.6 Å². The standard InChI is InChI=1S/C17H13BrF2N2O/c18-10-5-6-12-14(9-10)22-13(7-8-16(22)21-12)11-3-1-2-4-15(11)23-17(19)20/h1-6,9,13,17H,7-8H2/t13-/m1/s1. The molecule has 0 aliphatic carbocycles. The molecule has 1 aromatic heterocycles. The number of alkyl halides is 2. The highest BCUT2D eigenvalue weighted by Gasteiger charge is 2.29. The van der Waals surface area contributed by atoms with Crippen LogP contribution in [0.15, 0.2) is 46.9 Å². The van der Waals surface area contributed by atoms with Gasteiger partial charge in [0.05, 0.1) is 17.1 Å². The molecule has 23 heavy (non-hydrogen) atoms. The number of ether oxygens (including phenoxy) is 1. The Balaban J connectivity index is 1.85. The first-order valence-corrected chi connectivity index (χ1v) is 8.13. The van der Waals surface area contributed by atoms with Crippen LogP contribution in [0.5, 0.6) is 5.75 Å². The van der Waals surface area contributed by atoms with E-state index in [4.69, 9.17) is 4.74 Å².